The van der Waals surface area contributed by atoms with Crippen LogP contribution in [0.4, 0.5) is 10.1 Å². The molecule has 0 spiro atoms. The number of nitrogens with zero attached hydrogens (tertiary/aromatic N) is 2. The Morgan fingerprint density at radius 1 is 1.25 bits per heavy atom. The van der Waals surface area contributed by atoms with Crippen molar-refractivity contribution in [2.45, 2.75) is 20.4 Å². The predicted octanol–water partition coefficient (Wildman–Crippen LogP) is 4.23. The zero-order chi connectivity index (χ0) is 17.4. The van der Waals surface area contributed by atoms with Crippen molar-refractivity contribution in [3.8, 4) is 11.1 Å². The second-order valence-corrected chi connectivity index (χ2v) is 5.96. The minimum absolute atomic E-state index is 0.135. The van der Waals surface area contributed by atoms with Gasteiger partial charge in [-0.1, -0.05) is 11.6 Å². The van der Waals surface area contributed by atoms with Gasteiger partial charge in [-0.25, -0.2) is 9.37 Å². The second kappa shape index (κ2) is 6.24. The number of hydrogen-bond donors (Lipinski definition) is 1. The van der Waals surface area contributed by atoms with Crippen LogP contribution < -0.4 is 10.9 Å². The smallest absolute Gasteiger partial charge is 0.258 e. The molecule has 24 heavy (non-hydrogen) atoms. The normalized spacial score (nSPS) is 11.0. The molecular weight excluding hydrogens is 329 g/mol. The van der Waals surface area contributed by atoms with Crippen molar-refractivity contribution in [3.05, 3.63) is 57.3 Å². The molecular formula is C18H17ClFN3O. The summed E-state index contributed by atoms with van der Waals surface area (Å²) in [6.07, 6.45) is 1.64. The summed E-state index contributed by atoms with van der Waals surface area (Å²) in [5, 5.41) is 3.96. The first-order valence-electron chi connectivity index (χ1n) is 7.63. The van der Waals surface area contributed by atoms with Crippen LogP contribution in [0.25, 0.3) is 22.0 Å². The number of pyridine rings is 2. The van der Waals surface area contributed by atoms with E-state index >= 15 is 0 Å². The van der Waals surface area contributed by atoms with E-state index in [2.05, 4.69) is 10.3 Å². The molecule has 0 atom stereocenters. The van der Waals surface area contributed by atoms with Crippen molar-refractivity contribution in [2.24, 2.45) is 0 Å². The molecule has 3 rings (SSSR count). The molecule has 6 heteroatoms. The number of fused-ring (bicyclic) bond motifs is 1. The average Bonchev–Trinajstić information content (AvgIpc) is 2.55. The molecule has 0 aliphatic rings. The topological polar surface area (TPSA) is 46.9 Å². The van der Waals surface area contributed by atoms with E-state index in [1.807, 2.05) is 6.92 Å². The maximum atomic E-state index is 13.9. The van der Waals surface area contributed by atoms with Crippen LogP contribution in [0.15, 0.2) is 35.3 Å². The van der Waals surface area contributed by atoms with Crippen LogP contribution in [0.2, 0.25) is 5.15 Å². The number of aromatic nitrogens is 2. The second-order valence-electron chi connectivity index (χ2n) is 5.57. The van der Waals surface area contributed by atoms with E-state index in [9.17, 15) is 9.18 Å². The van der Waals surface area contributed by atoms with Gasteiger partial charge in [-0.05, 0) is 49.2 Å². The van der Waals surface area contributed by atoms with Crippen LogP contribution in [-0.4, -0.2) is 16.6 Å². The first-order valence-corrected chi connectivity index (χ1v) is 8.01. The third kappa shape index (κ3) is 2.65. The molecule has 2 aromatic heterocycles. The van der Waals surface area contributed by atoms with Crippen molar-refractivity contribution in [3.63, 3.8) is 0 Å². The lowest BCUT2D eigenvalue weighted by molar-refractivity contribution is 0.630. The Morgan fingerprint density at radius 2 is 2.00 bits per heavy atom. The third-order valence-electron chi connectivity index (χ3n) is 4.13. The maximum Gasteiger partial charge on any atom is 0.258 e. The van der Waals surface area contributed by atoms with Gasteiger partial charge < -0.3 is 9.88 Å². The summed E-state index contributed by atoms with van der Waals surface area (Å²) in [5.41, 5.74) is 2.87. The summed E-state index contributed by atoms with van der Waals surface area (Å²) in [7, 11) is 1.65. The monoisotopic (exact) mass is 345 g/mol. The van der Waals surface area contributed by atoms with Crippen molar-refractivity contribution in [1.29, 1.82) is 0 Å². The SMILES string of the molecule is CCn1c(=O)c(-c2cc(NC)c(F)cc2C)cc2cnc(Cl)cc21. The van der Waals surface area contributed by atoms with E-state index in [-0.39, 0.29) is 11.4 Å². The average molecular weight is 346 g/mol. The molecule has 0 saturated heterocycles. The van der Waals surface area contributed by atoms with Crippen molar-refractivity contribution in [2.75, 3.05) is 12.4 Å². The number of nitrogens with one attached hydrogen (secondary N) is 1. The fraction of sp³-hybridized carbons (Fsp3) is 0.222. The Labute approximate surface area is 143 Å². The van der Waals surface area contributed by atoms with E-state index in [0.717, 1.165) is 10.9 Å². The maximum absolute atomic E-state index is 13.9. The molecule has 0 bridgehead atoms. The molecule has 2 heterocycles. The lowest BCUT2D eigenvalue weighted by Gasteiger charge is -2.14. The highest BCUT2D eigenvalue weighted by Crippen LogP contribution is 2.29. The number of aryl methyl sites for hydroxylation is 2. The van der Waals surface area contributed by atoms with Gasteiger partial charge in [0.1, 0.15) is 11.0 Å². The van der Waals surface area contributed by atoms with Crippen LogP contribution in [0, 0.1) is 12.7 Å². The molecule has 0 unspecified atom stereocenters. The van der Waals surface area contributed by atoms with Gasteiger partial charge in [0.15, 0.2) is 0 Å². The largest absolute Gasteiger partial charge is 0.386 e. The van der Waals surface area contributed by atoms with E-state index < -0.39 is 0 Å². The number of hydrogen-bond acceptors (Lipinski definition) is 3. The summed E-state index contributed by atoms with van der Waals surface area (Å²) in [4.78, 5) is 17.0. The molecule has 124 valence electrons. The molecule has 0 fully saturated rings. The quantitative estimate of drug-likeness (QED) is 0.723. The highest BCUT2D eigenvalue weighted by Gasteiger charge is 2.15. The Hall–Kier alpha value is -2.40. The molecule has 0 aliphatic carbocycles. The van der Waals surface area contributed by atoms with Crippen molar-refractivity contribution < 1.29 is 4.39 Å². The van der Waals surface area contributed by atoms with E-state index in [0.29, 0.717) is 34.1 Å². The highest BCUT2D eigenvalue weighted by atomic mass is 35.5. The van der Waals surface area contributed by atoms with Gasteiger partial charge in [0.2, 0.25) is 0 Å². The molecule has 0 aliphatic heterocycles. The third-order valence-corrected chi connectivity index (χ3v) is 4.34. The van der Waals surface area contributed by atoms with Crippen LogP contribution in [0.1, 0.15) is 12.5 Å². The van der Waals surface area contributed by atoms with E-state index in [1.54, 1.807) is 42.9 Å². The number of rotatable bonds is 3. The van der Waals surface area contributed by atoms with Crippen molar-refractivity contribution >= 4 is 28.2 Å². The number of benzene rings is 1. The fourth-order valence-electron chi connectivity index (χ4n) is 2.91. The zero-order valence-corrected chi connectivity index (χ0v) is 14.4. The van der Waals surface area contributed by atoms with Crippen molar-refractivity contribution in [1.82, 2.24) is 9.55 Å². The Morgan fingerprint density at radius 3 is 2.67 bits per heavy atom. The Balaban J connectivity index is 2.37. The Kier molecular flexibility index (Phi) is 4.28. The van der Waals surface area contributed by atoms with Gasteiger partial charge in [0.05, 0.1) is 11.2 Å². The predicted molar refractivity (Wildman–Crippen MR) is 96.4 cm³/mol. The summed E-state index contributed by atoms with van der Waals surface area (Å²) in [5.74, 6) is -0.344. The summed E-state index contributed by atoms with van der Waals surface area (Å²) < 4.78 is 15.6. The summed E-state index contributed by atoms with van der Waals surface area (Å²) in [6.45, 7) is 4.19. The standard InChI is InChI=1S/C18H17ClFN3O/c1-4-23-16-8-17(19)22-9-11(16)6-13(18(23)24)12-7-15(21-3)14(20)5-10(12)2/h5-9,21H,4H2,1-3H3. The molecule has 4 nitrogen and oxygen atoms in total. The van der Waals surface area contributed by atoms with Gasteiger partial charge >= 0.3 is 0 Å². The zero-order valence-electron chi connectivity index (χ0n) is 13.7. The summed E-state index contributed by atoms with van der Waals surface area (Å²) >= 11 is 5.96. The van der Waals surface area contributed by atoms with Gasteiger partial charge in [0.25, 0.3) is 5.56 Å². The molecule has 1 aromatic carbocycles. The molecule has 3 aromatic rings. The van der Waals surface area contributed by atoms with Crippen LogP contribution in [0.3, 0.4) is 0 Å². The van der Waals surface area contributed by atoms with Gasteiger partial charge in [-0.3, -0.25) is 4.79 Å². The van der Waals surface area contributed by atoms with Crippen LogP contribution in [-0.2, 0) is 6.54 Å². The highest BCUT2D eigenvalue weighted by molar-refractivity contribution is 6.30. The molecule has 0 saturated carbocycles. The van der Waals surface area contributed by atoms with Crippen LogP contribution in [0.5, 0.6) is 0 Å². The van der Waals surface area contributed by atoms with Crippen LogP contribution >= 0.6 is 11.6 Å². The first kappa shape index (κ1) is 16.5. The number of anilines is 1. The van der Waals surface area contributed by atoms with E-state index in [1.165, 1.54) is 6.07 Å². The van der Waals surface area contributed by atoms with Gasteiger partial charge in [-0.15, -0.1) is 0 Å². The minimum atomic E-state index is -0.344. The van der Waals surface area contributed by atoms with E-state index in [4.69, 9.17) is 11.6 Å². The summed E-state index contributed by atoms with van der Waals surface area (Å²) in [6, 6.07) is 6.56. The molecule has 0 radical (unpaired) electrons. The number of halogens is 2. The molecule has 0 amide bonds. The Bertz CT molecular complexity index is 998. The van der Waals surface area contributed by atoms with Gasteiger partial charge in [0, 0.05) is 30.7 Å². The lowest BCUT2D eigenvalue weighted by atomic mass is 9.99. The lowest BCUT2D eigenvalue weighted by Crippen LogP contribution is -2.21. The molecule has 1 N–H and O–H groups in total. The minimum Gasteiger partial charge on any atom is -0.386 e. The first-order chi connectivity index (χ1) is 11.5. The fourth-order valence-corrected chi connectivity index (χ4v) is 3.06. The van der Waals surface area contributed by atoms with Gasteiger partial charge in [-0.2, -0.15) is 0 Å².